The Morgan fingerprint density at radius 3 is 2.96 bits per heavy atom. The molecule has 140 valence electrons. The standard InChI is InChI=1S/C20H23N5O2/c1-14-20(15(2)27-23-14)18-5-3-4-17(22-18)10-16-6-8-25(11-16)19(26)12-24-9-7-21-13-24/h3-5,7,9,13,16H,6,8,10-12H2,1-2H3. The summed E-state index contributed by atoms with van der Waals surface area (Å²) in [5, 5.41) is 4.02. The topological polar surface area (TPSA) is 77.0 Å². The van der Waals surface area contributed by atoms with Crippen LogP contribution in [0.2, 0.25) is 0 Å². The minimum atomic E-state index is 0.146. The van der Waals surface area contributed by atoms with Crippen molar-refractivity contribution in [3.8, 4) is 11.3 Å². The van der Waals surface area contributed by atoms with Gasteiger partial charge < -0.3 is 14.0 Å². The predicted octanol–water partition coefficient (Wildman–Crippen LogP) is 2.64. The summed E-state index contributed by atoms with van der Waals surface area (Å²) in [7, 11) is 0. The highest BCUT2D eigenvalue weighted by molar-refractivity contribution is 5.76. The van der Waals surface area contributed by atoms with E-state index in [1.165, 1.54) is 0 Å². The zero-order chi connectivity index (χ0) is 18.8. The van der Waals surface area contributed by atoms with Gasteiger partial charge in [0, 0.05) is 31.2 Å². The van der Waals surface area contributed by atoms with Gasteiger partial charge in [-0.2, -0.15) is 0 Å². The molecular formula is C20H23N5O2. The average Bonchev–Trinajstić information content (AvgIpc) is 3.38. The third kappa shape index (κ3) is 3.77. The number of rotatable bonds is 5. The van der Waals surface area contributed by atoms with Crippen LogP contribution in [0.25, 0.3) is 11.3 Å². The molecule has 1 unspecified atom stereocenters. The molecule has 27 heavy (non-hydrogen) atoms. The summed E-state index contributed by atoms with van der Waals surface area (Å²) >= 11 is 0. The summed E-state index contributed by atoms with van der Waals surface area (Å²) in [4.78, 5) is 23.2. The van der Waals surface area contributed by atoms with Gasteiger partial charge in [0.05, 0.1) is 23.3 Å². The van der Waals surface area contributed by atoms with E-state index in [-0.39, 0.29) is 5.91 Å². The van der Waals surface area contributed by atoms with Crippen LogP contribution in [0.5, 0.6) is 0 Å². The number of hydrogen-bond donors (Lipinski definition) is 0. The number of imidazole rings is 1. The van der Waals surface area contributed by atoms with Crippen LogP contribution < -0.4 is 0 Å². The number of aryl methyl sites for hydroxylation is 2. The lowest BCUT2D eigenvalue weighted by atomic mass is 10.0. The molecule has 1 saturated heterocycles. The van der Waals surface area contributed by atoms with Crippen LogP contribution in [0.4, 0.5) is 0 Å². The quantitative estimate of drug-likeness (QED) is 0.695. The second-order valence-electron chi connectivity index (χ2n) is 7.15. The van der Waals surface area contributed by atoms with Crippen molar-refractivity contribution in [3.05, 3.63) is 54.1 Å². The second-order valence-corrected chi connectivity index (χ2v) is 7.15. The van der Waals surface area contributed by atoms with E-state index in [4.69, 9.17) is 9.51 Å². The second kappa shape index (κ2) is 7.34. The largest absolute Gasteiger partial charge is 0.361 e. The van der Waals surface area contributed by atoms with Crippen LogP contribution in [0, 0.1) is 19.8 Å². The smallest absolute Gasteiger partial charge is 0.242 e. The molecule has 7 heteroatoms. The SMILES string of the molecule is Cc1noc(C)c1-c1cccc(CC2CCN(C(=O)Cn3ccnc3)C2)n1. The number of amides is 1. The van der Waals surface area contributed by atoms with Crippen molar-refractivity contribution in [2.24, 2.45) is 5.92 Å². The molecule has 3 aromatic rings. The summed E-state index contributed by atoms with van der Waals surface area (Å²) in [5.74, 6) is 1.37. The molecule has 4 rings (SSSR count). The first-order valence-electron chi connectivity index (χ1n) is 9.23. The number of carbonyl (C=O) groups is 1. The fourth-order valence-electron chi connectivity index (χ4n) is 3.74. The van der Waals surface area contributed by atoms with E-state index in [9.17, 15) is 4.79 Å². The number of carbonyl (C=O) groups excluding carboxylic acids is 1. The third-order valence-corrected chi connectivity index (χ3v) is 5.11. The van der Waals surface area contributed by atoms with E-state index in [1.54, 1.807) is 12.5 Å². The molecular weight excluding hydrogens is 342 g/mol. The van der Waals surface area contributed by atoms with Gasteiger partial charge in [0.1, 0.15) is 12.3 Å². The van der Waals surface area contributed by atoms with Crippen LogP contribution in [-0.2, 0) is 17.8 Å². The highest BCUT2D eigenvalue weighted by atomic mass is 16.5. The Bertz CT molecular complexity index is 912. The molecule has 0 bridgehead atoms. The van der Waals surface area contributed by atoms with Crippen molar-refractivity contribution in [3.63, 3.8) is 0 Å². The molecule has 0 saturated carbocycles. The Kier molecular flexibility index (Phi) is 4.75. The summed E-state index contributed by atoms with van der Waals surface area (Å²) in [6.07, 6.45) is 7.06. The number of likely N-dealkylation sites (tertiary alicyclic amines) is 1. The summed E-state index contributed by atoms with van der Waals surface area (Å²) in [6, 6.07) is 6.07. The van der Waals surface area contributed by atoms with E-state index < -0.39 is 0 Å². The van der Waals surface area contributed by atoms with Crippen molar-refractivity contribution in [1.82, 2.24) is 24.6 Å². The zero-order valence-electron chi connectivity index (χ0n) is 15.6. The molecule has 1 atom stereocenters. The highest BCUT2D eigenvalue weighted by Gasteiger charge is 2.26. The van der Waals surface area contributed by atoms with Gasteiger partial charge in [-0.15, -0.1) is 0 Å². The van der Waals surface area contributed by atoms with Crippen LogP contribution >= 0.6 is 0 Å². The Balaban J connectivity index is 1.40. The molecule has 4 heterocycles. The predicted molar refractivity (Wildman–Crippen MR) is 99.8 cm³/mol. The molecule has 7 nitrogen and oxygen atoms in total. The molecule has 1 aliphatic heterocycles. The van der Waals surface area contributed by atoms with E-state index in [2.05, 4.69) is 16.2 Å². The Labute approximate surface area is 158 Å². The Morgan fingerprint density at radius 2 is 2.22 bits per heavy atom. The molecule has 1 amide bonds. The average molecular weight is 365 g/mol. The van der Waals surface area contributed by atoms with Crippen molar-refractivity contribution < 1.29 is 9.32 Å². The molecule has 0 aliphatic carbocycles. The molecule has 0 N–H and O–H groups in total. The Hall–Kier alpha value is -2.96. The van der Waals surface area contributed by atoms with Gasteiger partial charge >= 0.3 is 0 Å². The lowest BCUT2D eigenvalue weighted by molar-refractivity contribution is -0.130. The minimum absolute atomic E-state index is 0.146. The minimum Gasteiger partial charge on any atom is -0.361 e. The van der Waals surface area contributed by atoms with Crippen LogP contribution in [0.1, 0.15) is 23.6 Å². The Morgan fingerprint density at radius 1 is 1.33 bits per heavy atom. The maximum Gasteiger partial charge on any atom is 0.242 e. The van der Waals surface area contributed by atoms with Crippen LogP contribution in [-0.4, -0.2) is 43.6 Å². The van der Waals surface area contributed by atoms with Gasteiger partial charge in [-0.1, -0.05) is 11.2 Å². The first kappa shape index (κ1) is 17.5. The van der Waals surface area contributed by atoms with Crippen molar-refractivity contribution in [2.75, 3.05) is 13.1 Å². The number of pyridine rings is 1. The van der Waals surface area contributed by atoms with Gasteiger partial charge in [-0.3, -0.25) is 9.78 Å². The first-order valence-corrected chi connectivity index (χ1v) is 9.23. The van der Waals surface area contributed by atoms with E-state index >= 15 is 0 Å². The molecule has 0 aromatic carbocycles. The van der Waals surface area contributed by atoms with Gasteiger partial charge in [0.25, 0.3) is 0 Å². The monoisotopic (exact) mass is 365 g/mol. The van der Waals surface area contributed by atoms with E-state index in [0.29, 0.717) is 12.5 Å². The summed E-state index contributed by atoms with van der Waals surface area (Å²) < 4.78 is 7.08. The van der Waals surface area contributed by atoms with Gasteiger partial charge in [0.15, 0.2) is 0 Å². The van der Waals surface area contributed by atoms with E-state index in [1.807, 2.05) is 41.6 Å². The number of aromatic nitrogens is 4. The fourth-order valence-corrected chi connectivity index (χ4v) is 3.74. The lowest BCUT2D eigenvalue weighted by Crippen LogP contribution is -2.31. The molecule has 0 spiro atoms. The number of nitrogens with zero attached hydrogens (tertiary/aromatic N) is 5. The van der Waals surface area contributed by atoms with Gasteiger partial charge in [-0.25, -0.2) is 4.98 Å². The van der Waals surface area contributed by atoms with Gasteiger partial charge in [0.2, 0.25) is 5.91 Å². The highest BCUT2D eigenvalue weighted by Crippen LogP contribution is 2.26. The fraction of sp³-hybridized carbons (Fsp3) is 0.400. The maximum absolute atomic E-state index is 12.4. The normalized spacial score (nSPS) is 16.8. The lowest BCUT2D eigenvalue weighted by Gasteiger charge is -2.17. The van der Waals surface area contributed by atoms with E-state index in [0.717, 1.165) is 54.3 Å². The van der Waals surface area contributed by atoms with Crippen LogP contribution in [0.15, 0.2) is 41.4 Å². The molecule has 3 aromatic heterocycles. The molecule has 1 fully saturated rings. The summed E-state index contributed by atoms with van der Waals surface area (Å²) in [6.45, 7) is 5.78. The van der Waals surface area contributed by atoms with Crippen molar-refractivity contribution >= 4 is 5.91 Å². The summed E-state index contributed by atoms with van der Waals surface area (Å²) in [5.41, 5.74) is 3.77. The zero-order valence-corrected chi connectivity index (χ0v) is 15.6. The maximum atomic E-state index is 12.4. The first-order chi connectivity index (χ1) is 13.1. The number of hydrogen-bond acceptors (Lipinski definition) is 5. The molecule has 1 aliphatic rings. The third-order valence-electron chi connectivity index (χ3n) is 5.11. The van der Waals surface area contributed by atoms with Gasteiger partial charge in [-0.05, 0) is 44.7 Å². The van der Waals surface area contributed by atoms with Crippen LogP contribution in [0.3, 0.4) is 0 Å². The molecule has 0 radical (unpaired) electrons. The van der Waals surface area contributed by atoms with Crippen molar-refractivity contribution in [1.29, 1.82) is 0 Å². The van der Waals surface area contributed by atoms with Crippen molar-refractivity contribution in [2.45, 2.75) is 33.2 Å².